The molecular weight excluding hydrogens is 416 g/mol. The van der Waals surface area contributed by atoms with Crippen molar-refractivity contribution in [2.24, 2.45) is 0 Å². The summed E-state index contributed by atoms with van der Waals surface area (Å²) in [5.74, 6) is -3.13. The first-order valence-corrected chi connectivity index (χ1v) is 9.49. The minimum atomic E-state index is -4.60. The summed E-state index contributed by atoms with van der Waals surface area (Å²) in [6, 6.07) is 8.80. The van der Waals surface area contributed by atoms with Crippen LogP contribution in [-0.4, -0.2) is 19.7 Å². The Balaban J connectivity index is 0.00000364. The van der Waals surface area contributed by atoms with Crippen LogP contribution >= 0.6 is 30.8 Å². The van der Waals surface area contributed by atoms with E-state index in [-0.39, 0.29) is 35.2 Å². The number of benzene rings is 2. The minimum absolute atomic E-state index is 0. The molecule has 0 aliphatic heterocycles. The standard InChI is InChI=1S/C16H14Cl2FO6P.Li/c1-23-26(21,22)16(10-2-5-12(19)6-3-10)25-15(20)9-24-14-7-4-11(17)8-13(14)18;/h2-8,16H,9H2,1H3,(H,21,22);/q;+1/p-1. The Kier molecular flexibility index (Phi) is 9.33. The van der Waals surface area contributed by atoms with Crippen LogP contribution in [0.5, 0.6) is 5.75 Å². The number of carbonyl (C=O) groups is 1. The van der Waals surface area contributed by atoms with E-state index in [2.05, 4.69) is 4.52 Å². The fourth-order valence-electron chi connectivity index (χ4n) is 1.93. The number of ether oxygens (including phenoxy) is 2. The molecule has 0 bridgehead atoms. The summed E-state index contributed by atoms with van der Waals surface area (Å²) in [5, 5.41) is 0.556. The fraction of sp³-hybridized carbons (Fsp3) is 0.188. The molecule has 6 nitrogen and oxygen atoms in total. The van der Waals surface area contributed by atoms with Crippen LogP contribution in [0.4, 0.5) is 4.39 Å². The third kappa shape index (κ3) is 6.81. The van der Waals surface area contributed by atoms with Gasteiger partial charge in [0, 0.05) is 17.7 Å². The molecular formula is C16H13Cl2FLiO6P. The van der Waals surface area contributed by atoms with E-state index in [9.17, 15) is 18.6 Å². The summed E-state index contributed by atoms with van der Waals surface area (Å²) in [4.78, 5) is 24.0. The molecule has 0 aliphatic carbocycles. The molecule has 2 rings (SSSR count). The number of esters is 1. The zero-order valence-corrected chi connectivity index (χ0v) is 16.8. The van der Waals surface area contributed by atoms with Gasteiger partial charge < -0.3 is 23.5 Å². The van der Waals surface area contributed by atoms with E-state index in [1.165, 1.54) is 30.3 Å². The number of hydrogen-bond acceptors (Lipinski definition) is 6. The Bertz CT molecular complexity index is 836. The van der Waals surface area contributed by atoms with E-state index in [0.29, 0.717) is 5.02 Å². The molecule has 0 heterocycles. The van der Waals surface area contributed by atoms with Crippen molar-refractivity contribution in [1.29, 1.82) is 0 Å². The Morgan fingerprint density at radius 2 is 1.85 bits per heavy atom. The molecule has 0 radical (unpaired) electrons. The van der Waals surface area contributed by atoms with Crippen molar-refractivity contribution in [3.63, 3.8) is 0 Å². The van der Waals surface area contributed by atoms with Gasteiger partial charge in [0.25, 0.3) is 0 Å². The quantitative estimate of drug-likeness (QED) is 0.371. The van der Waals surface area contributed by atoms with Gasteiger partial charge in [0.15, 0.2) is 20.0 Å². The number of carbonyl (C=O) groups excluding carboxylic acids is 1. The van der Waals surface area contributed by atoms with Gasteiger partial charge in [-0.05, 0) is 30.3 Å². The third-order valence-electron chi connectivity index (χ3n) is 3.18. The molecule has 0 saturated carbocycles. The van der Waals surface area contributed by atoms with Crippen LogP contribution in [-0.2, 0) is 18.6 Å². The van der Waals surface area contributed by atoms with Gasteiger partial charge in [0.05, 0.1) is 5.02 Å². The Morgan fingerprint density at radius 1 is 1.22 bits per heavy atom. The zero-order valence-electron chi connectivity index (χ0n) is 14.4. The second-order valence-corrected chi connectivity index (χ2v) is 7.74. The summed E-state index contributed by atoms with van der Waals surface area (Å²) in [7, 11) is -3.67. The molecule has 0 saturated heterocycles. The summed E-state index contributed by atoms with van der Waals surface area (Å²) in [5.41, 5.74) is 0.0319. The molecule has 0 aromatic heterocycles. The first kappa shape index (κ1) is 24.0. The second-order valence-electron chi connectivity index (χ2n) is 4.98. The number of halogens is 3. The van der Waals surface area contributed by atoms with Crippen LogP contribution < -0.4 is 28.5 Å². The average molecular weight is 429 g/mol. The van der Waals surface area contributed by atoms with Crippen LogP contribution in [0.1, 0.15) is 11.4 Å². The third-order valence-corrected chi connectivity index (χ3v) is 5.20. The number of rotatable bonds is 7. The van der Waals surface area contributed by atoms with Gasteiger partial charge in [-0.15, -0.1) is 0 Å². The van der Waals surface area contributed by atoms with Gasteiger partial charge in [-0.1, -0.05) is 35.3 Å². The van der Waals surface area contributed by atoms with E-state index >= 15 is 0 Å². The van der Waals surface area contributed by atoms with Crippen LogP contribution in [0.25, 0.3) is 0 Å². The van der Waals surface area contributed by atoms with E-state index in [1.807, 2.05) is 0 Å². The molecule has 2 aromatic rings. The Labute approximate surface area is 177 Å². The van der Waals surface area contributed by atoms with Crippen molar-refractivity contribution in [1.82, 2.24) is 0 Å². The SMILES string of the molecule is COP(=O)([O-])C(OC(=O)COc1ccc(Cl)cc1Cl)c1ccc(F)cc1.[Li+]. The molecule has 2 aromatic carbocycles. The van der Waals surface area contributed by atoms with Crippen LogP contribution in [0.2, 0.25) is 10.0 Å². The first-order valence-electron chi connectivity index (χ1n) is 7.12. The van der Waals surface area contributed by atoms with Crippen molar-refractivity contribution < 1.29 is 51.5 Å². The monoisotopic (exact) mass is 428 g/mol. The van der Waals surface area contributed by atoms with E-state index in [4.69, 9.17) is 32.7 Å². The Hall–Kier alpha value is -1.03. The van der Waals surface area contributed by atoms with Gasteiger partial charge >= 0.3 is 24.8 Å². The maximum Gasteiger partial charge on any atom is 1.00 e. The molecule has 0 amide bonds. The van der Waals surface area contributed by atoms with E-state index < -0.39 is 31.8 Å². The van der Waals surface area contributed by atoms with Gasteiger partial charge in [-0.2, -0.15) is 0 Å². The van der Waals surface area contributed by atoms with Crippen molar-refractivity contribution >= 4 is 36.8 Å². The van der Waals surface area contributed by atoms with Crippen LogP contribution in [0.3, 0.4) is 0 Å². The summed E-state index contributed by atoms with van der Waals surface area (Å²) < 4.78 is 39.7. The minimum Gasteiger partial charge on any atom is -0.776 e. The molecule has 2 unspecified atom stereocenters. The molecule has 0 spiro atoms. The second kappa shape index (κ2) is 10.5. The maximum absolute atomic E-state index is 13.0. The topological polar surface area (TPSA) is 84.9 Å². The van der Waals surface area contributed by atoms with Gasteiger partial charge in [-0.3, -0.25) is 0 Å². The molecule has 0 N–H and O–H groups in total. The fourth-order valence-corrected chi connectivity index (χ4v) is 3.36. The van der Waals surface area contributed by atoms with Gasteiger partial charge in [0.2, 0.25) is 0 Å². The molecule has 27 heavy (non-hydrogen) atoms. The molecule has 2 atom stereocenters. The summed E-state index contributed by atoms with van der Waals surface area (Å²) in [6.07, 6.45) is 0. The van der Waals surface area contributed by atoms with E-state index in [0.717, 1.165) is 19.2 Å². The molecule has 140 valence electrons. The van der Waals surface area contributed by atoms with E-state index in [1.54, 1.807) is 0 Å². The maximum atomic E-state index is 13.0. The smallest absolute Gasteiger partial charge is 0.776 e. The van der Waals surface area contributed by atoms with Crippen molar-refractivity contribution in [3.8, 4) is 5.75 Å². The average Bonchev–Trinajstić information content (AvgIpc) is 2.59. The van der Waals surface area contributed by atoms with Gasteiger partial charge in [0.1, 0.15) is 11.6 Å². The summed E-state index contributed by atoms with van der Waals surface area (Å²) in [6.45, 7) is -0.608. The molecule has 0 aliphatic rings. The van der Waals surface area contributed by atoms with Crippen molar-refractivity contribution in [3.05, 3.63) is 63.9 Å². The zero-order chi connectivity index (χ0) is 19.3. The largest absolute Gasteiger partial charge is 1.00 e. The summed E-state index contributed by atoms with van der Waals surface area (Å²) >= 11 is 11.7. The Morgan fingerprint density at radius 3 is 2.41 bits per heavy atom. The van der Waals surface area contributed by atoms with Crippen LogP contribution in [0.15, 0.2) is 42.5 Å². The normalized spacial score (nSPS) is 13.8. The molecule has 11 heteroatoms. The first-order chi connectivity index (χ1) is 12.2. The van der Waals surface area contributed by atoms with Crippen LogP contribution in [0, 0.1) is 5.82 Å². The van der Waals surface area contributed by atoms with Crippen molar-refractivity contribution in [2.75, 3.05) is 13.7 Å². The number of hydrogen-bond donors (Lipinski definition) is 0. The van der Waals surface area contributed by atoms with Crippen molar-refractivity contribution in [2.45, 2.75) is 5.85 Å². The van der Waals surface area contributed by atoms with Gasteiger partial charge in [-0.25, -0.2) is 9.18 Å². The predicted molar refractivity (Wildman–Crippen MR) is 91.8 cm³/mol. The molecule has 0 fully saturated rings. The predicted octanol–water partition coefficient (Wildman–Crippen LogP) is 0.957.